The first-order valence-electron chi connectivity index (χ1n) is 4.99. The van der Waals surface area contributed by atoms with Gasteiger partial charge in [0.2, 0.25) is 5.91 Å². The summed E-state index contributed by atoms with van der Waals surface area (Å²) in [5.41, 5.74) is 5.75. The lowest BCUT2D eigenvalue weighted by atomic mass is 10.1. The minimum Gasteiger partial charge on any atom is -0.378 e. The molecule has 0 fully saturated rings. The molecular formula is C13H15NO2. The molecule has 0 bridgehead atoms. The molecule has 0 heterocycles. The number of hydrogen-bond acceptors (Lipinski definition) is 2. The molecule has 1 aromatic rings. The third-order valence-corrected chi connectivity index (χ3v) is 1.85. The number of rotatable bonds is 2. The van der Waals surface area contributed by atoms with Crippen LogP contribution < -0.4 is 5.73 Å². The summed E-state index contributed by atoms with van der Waals surface area (Å²) in [5.74, 6) is 5.21. The third-order valence-electron chi connectivity index (χ3n) is 1.85. The van der Waals surface area contributed by atoms with Gasteiger partial charge in [-0.15, -0.1) is 0 Å². The topological polar surface area (TPSA) is 63.3 Å². The summed E-state index contributed by atoms with van der Waals surface area (Å²) in [6, 6.07) is 7.21. The van der Waals surface area contributed by atoms with Gasteiger partial charge < -0.3 is 10.8 Å². The molecule has 16 heavy (non-hydrogen) atoms. The molecule has 1 rings (SSSR count). The highest BCUT2D eigenvalue weighted by atomic mass is 16.3. The molecule has 0 aliphatic carbocycles. The Morgan fingerprint density at radius 1 is 1.38 bits per heavy atom. The highest BCUT2D eigenvalue weighted by Gasteiger charge is 2.05. The van der Waals surface area contributed by atoms with Gasteiger partial charge in [0.1, 0.15) is 5.60 Å². The van der Waals surface area contributed by atoms with Crippen LogP contribution in [0.15, 0.2) is 24.3 Å². The van der Waals surface area contributed by atoms with Gasteiger partial charge in [0.05, 0.1) is 6.42 Å². The lowest BCUT2D eigenvalue weighted by molar-refractivity contribution is -0.117. The van der Waals surface area contributed by atoms with Crippen molar-refractivity contribution in [3.05, 3.63) is 35.4 Å². The zero-order valence-corrected chi connectivity index (χ0v) is 9.45. The van der Waals surface area contributed by atoms with Gasteiger partial charge in [0.25, 0.3) is 0 Å². The maximum absolute atomic E-state index is 10.7. The number of benzene rings is 1. The Kier molecular flexibility index (Phi) is 3.70. The Bertz CT molecular complexity index is 430. The van der Waals surface area contributed by atoms with Crippen molar-refractivity contribution < 1.29 is 9.90 Å². The molecule has 0 aromatic heterocycles. The van der Waals surface area contributed by atoms with E-state index in [-0.39, 0.29) is 12.3 Å². The standard InChI is InChI=1S/C13H15NO2/c1-13(2,16)8-7-10-3-5-11(6-4-10)9-12(14)15/h3-6,16H,9H2,1-2H3,(H2,14,15). The minimum atomic E-state index is -0.994. The van der Waals surface area contributed by atoms with Crippen LogP contribution in [0.4, 0.5) is 0 Å². The Morgan fingerprint density at radius 3 is 2.38 bits per heavy atom. The van der Waals surface area contributed by atoms with Gasteiger partial charge in [-0.05, 0) is 31.5 Å². The molecular weight excluding hydrogens is 202 g/mol. The predicted molar refractivity (Wildman–Crippen MR) is 62.5 cm³/mol. The summed E-state index contributed by atoms with van der Waals surface area (Å²) < 4.78 is 0. The van der Waals surface area contributed by atoms with Crippen LogP contribution in [-0.4, -0.2) is 16.6 Å². The van der Waals surface area contributed by atoms with Crippen molar-refractivity contribution >= 4 is 5.91 Å². The van der Waals surface area contributed by atoms with Crippen LogP contribution in [0.25, 0.3) is 0 Å². The van der Waals surface area contributed by atoms with E-state index in [0.29, 0.717) is 0 Å². The maximum atomic E-state index is 10.7. The largest absolute Gasteiger partial charge is 0.378 e. The average Bonchev–Trinajstić information content (AvgIpc) is 2.14. The molecule has 3 nitrogen and oxygen atoms in total. The summed E-state index contributed by atoms with van der Waals surface area (Å²) in [4.78, 5) is 10.7. The third kappa shape index (κ3) is 4.63. The van der Waals surface area contributed by atoms with Crippen molar-refractivity contribution in [2.45, 2.75) is 25.9 Å². The number of amides is 1. The van der Waals surface area contributed by atoms with E-state index in [4.69, 9.17) is 5.73 Å². The second-order valence-electron chi connectivity index (χ2n) is 4.15. The van der Waals surface area contributed by atoms with E-state index in [1.807, 2.05) is 0 Å². The van der Waals surface area contributed by atoms with E-state index in [9.17, 15) is 9.90 Å². The number of primary amides is 1. The van der Waals surface area contributed by atoms with Crippen LogP contribution >= 0.6 is 0 Å². The number of carbonyl (C=O) groups excluding carboxylic acids is 1. The average molecular weight is 217 g/mol. The lowest BCUT2D eigenvalue weighted by Crippen LogP contribution is -2.14. The molecule has 0 atom stereocenters. The van der Waals surface area contributed by atoms with Crippen LogP contribution in [0.5, 0.6) is 0 Å². The number of nitrogens with two attached hydrogens (primary N) is 1. The van der Waals surface area contributed by atoms with Gasteiger partial charge in [-0.3, -0.25) is 4.79 Å². The first-order valence-corrected chi connectivity index (χ1v) is 4.99. The molecule has 1 aromatic carbocycles. The van der Waals surface area contributed by atoms with Crippen LogP contribution in [0.2, 0.25) is 0 Å². The summed E-state index contributed by atoms with van der Waals surface area (Å²) in [7, 11) is 0. The second-order valence-corrected chi connectivity index (χ2v) is 4.15. The van der Waals surface area contributed by atoms with Gasteiger partial charge >= 0.3 is 0 Å². The molecule has 0 aliphatic rings. The van der Waals surface area contributed by atoms with E-state index in [1.165, 1.54) is 0 Å². The minimum absolute atomic E-state index is 0.235. The number of hydrogen-bond donors (Lipinski definition) is 2. The Balaban J connectivity index is 2.78. The van der Waals surface area contributed by atoms with E-state index >= 15 is 0 Å². The Morgan fingerprint density at radius 2 is 1.94 bits per heavy atom. The molecule has 3 N–H and O–H groups in total. The zero-order chi connectivity index (χ0) is 12.2. The zero-order valence-electron chi connectivity index (χ0n) is 9.45. The fourth-order valence-corrected chi connectivity index (χ4v) is 1.13. The smallest absolute Gasteiger partial charge is 0.221 e. The lowest BCUT2D eigenvalue weighted by Gasteiger charge is -2.05. The van der Waals surface area contributed by atoms with Crippen molar-refractivity contribution in [1.82, 2.24) is 0 Å². The van der Waals surface area contributed by atoms with Crippen LogP contribution in [-0.2, 0) is 11.2 Å². The van der Waals surface area contributed by atoms with Crippen molar-refractivity contribution in [1.29, 1.82) is 0 Å². The van der Waals surface area contributed by atoms with Crippen molar-refractivity contribution in [3.63, 3.8) is 0 Å². The van der Waals surface area contributed by atoms with Crippen LogP contribution in [0, 0.1) is 11.8 Å². The van der Waals surface area contributed by atoms with Gasteiger partial charge in [-0.25, -0.2) is 0 Å². The molecule has 3 heteroatoms. The van der Waals surface area contributed by atoms with Gasteiger partial charge in [-0.2, -0.15) is 0 Å². The van der Waals surface area contributed by atoms with Crippen molar-refractivity contribution in [2.75, 3.05) is 0 Å². The fraction of sp³-hybridized carbons (Fsp3) is 0.308. The van der Waals surface area contributed by atoms with Crippen LogP contribution in [0.3, 0.4) is 0 Å². The molecule has 0 saturated heterocycles. The SMILES string of the molecule is CC(C)(O)C#Cc1ccc(CC(N)=O)cc1. The second kappa shape index (κ2) is 4.82. The van der Waals surface area contributed by atoms with Crippen LogP contribution in [0.1, 0.15) is 25.0 Å². The highest BCUT2D eigenvalue weighted by molar-refractivity contribution is 5.76. The summed E-state index contributed by atoms with van der Waals surface area (Å²) in [6.45, 7) is 3.25. The molecule has 0 saturated carbocycles. The Labute approximate surface area is 95.3 Å². The molecule has 0 unspecified atom stereocenters. The van der Waals surface area contributed by atoms with E-state index in [0.717, 1.165) is 11.1 Å². The van der Waals surface area contributed by atoms with Crippen molar-refractivity contribution in [3.8, 4) is 11.8 Å². The summed E-state index contributed by atoms with van der Waals surface area (Å²) in [6.07, 6.45) is 0.235. The Hall–Kier alpha value is -1.79. The highest BCUT2D eigenvalue weighted by Crippen LogP contribution is 2.05. The van der Waals surface area contributed by atoms with E-state index in [2.05, 4.69) is 11.8 Å². The summed E-state index contributed by atoms with van der Waals surface area (Å²) >= 11 is 0. The van der Waals surface area contributed by atoms with Crippen molar-refractivity contribution in [2.24, 2.45) is 5.73 Å². The van der Waals surface area contributed by atoms with E-state index < -0.39 is 5.60 Å². The molecule has 84 valence electrons. The van der Waals surface area contributed by atoms with Gasteiger partial charge in [0, 0.05) is 5.56 Å². The van der Waals surface area contributed by atoms with Gasteiger partial charge in [0.15, 0.2) is 0 Å². The predicted octanol–water partition coefficient (Wildman–Crippen LogP) is 0.837. The number of aliphatic hydroxyl groups is 1. The maximum Gasteiger partial charge on any atom is 0.221 e. The summed E-state index contributed by atoms with van der Waals surface area (Å²) in [5, 5.41) is 9.42. The molecule has 1 amide bonds. The van der Waals surface area contributed by atoms with E-state index in [1.54, 1.807) is 38.1 Å². The molecule has 0 aliphatic heterocycles. The monoisotopic (exact) mass is 217 g/mol. The number of carbonyl (C=O) groups is 1. The fourth-order valence-electron chi connectivity index (χ4n) is 1.13. The first-order chi connectivity index (χ1) is 7.37. The van der Waals surface area contributed by atoms with Gasteiger partial charge in [-0.1, -0.05) is 24.0 Å². The normalized spacial score (nSPS) is 10.4. The molecule has 0 radical (unpaired) electrons. The molecule has 0 spiro atoms. The quantitative estimate of drug-likeness (QED) is 0.721. The first kappa shape index (κ1) is 12.3.